The summed E-state index contributed by atoms with van der Waals surface area (Å²) in [7, 11) is -1.11. The number of esters is 2. The average molecular weight is 677 g/mol. The zero-order chi connectivity index (χ0) is 35.1. The Bertz CT molecular complexity index is 1150. The fourth-order valence-corrected chi connectivity index (χ4v) is 10.7. The second-order valence-electron chi connectivity index (χ2n) is 17.5. The van der Waals surface area contributed by atoms with E-state index < -0.39 is 31.1 Å². The summed E-state index contributed by atoms with van der Waals surface area (Å²) in [6.07, 6.45) is 11.7. The highest BCUT2D eigenvalue weighted by molar-refractivity contribution is 6.48. The van der Waals surface area contributed by atoms with Gasteiger partial charge in [-0.05, 0) is 87.3 Å². The van der Waals surface area contributed by atoms with Crippen LogP contribution in [0.25, 0.3) is 0 Å². The zero-order valence-electron chi connectivity index (χ0n) is 32.1. The van der Waals surface area contributed by atoms with Gasteiger partial charge in [0.15, 0.2) is 14.6 Å². The molecule has 1 unspecified atom stereocenters. The number of rotatable bonds is 11. The molecule has 46 heavy (non-hydrogen) atoms. The molecule has 8 atom stereocenters. The molecular weight excluding hydrogens is 609 g/mol. The summed E-state index contributed by atoms with van der Waals surface area (Å²) >= 11 is 0. The normalized spacial score (nSPS) is 35.5. The molecule has 0 bridgehead atoms. The average Bonchev–Trinajstić information content (AvgIpc) is 2.96. The van der Waals surface area contributed by atoms with Crippen molar-refractivity contribution in [2.75, 3.05) is 0 Å². The van der Waals surface area contributed by atoms with Crippen molar-refractivity contribution < 1.29 is 27.9 Å². The Morgan fingerprint density at radius 2 is 1.65 bits per heavy atom. The molecule has 8 heteroatoms. The zero-order valence-corrected chi connectivity index (χ0v) is 35.3. The fraction of sp³-hybridized carbons (Fsp3) is 0.842. The highest BCUT2D eigenvalue weighted by atomic mass is 28.3. The molecule has 0 spiro atoms. The summed E-state index contributed by atoms with van der Waals surface area (Å²) < 4.78 is 26.3. The minimum Gasteiger partial charge on any atom is -0.461 e. The first-order valence-electron chi connectivity index (χ1n) is 18.2. The largest absolute Gasteiger partial charge is 0.461 e. The number of hydrogen-bond donors (Lipinski definition) is 0. The smallest absolute Gasteiger partial charge is 0.337 e. The van der Waals surface area contributed by atoms with E-state index in [1.54, 1.807) is 0 Å². The van der Waals surface area contributed by atoms with Gasteiger partial charge in [-0.1, -0.05) is 94.4 Å². The van der Waals surface area contributed by atoms with Gasteiger partial charge in [0.05, 0.1) is 11.0 Å². The Hall–Kier alpha value is -1.23. The van der Waals surface area contributed by atoms with Gasteiger partial charge in [0.1, 0.15) is 22.7 Å². The van der Waals surface area contributed by atoms with Gasteiger partial charge in [-0.15, -0.1) is 0 Å². The minimum absolute atomic E-state index is 0.0256. The van der Waals surface area contributed by atoms with Crippen molar-refractivity contribution in [3.05, 3.63) is 23.8 Å². The van der Waals surface area contributed by atoms with Gasteiger partial charge in [0.2, 0.25) is 0 Å². The van der Waals surface area contributed by atoms with Crippen LogP contribution in [0, 0.1) is 39.4 Å². The van der Waals surface area contributed by atoms with Gasteiger partial charge in [0, 0.05) is 17.3 Å². The van der Waals surface area contributed by atoms with Gasteiger partial charge in [-0.25, -0.2) is 4.79 Å². The predicted molar refractivity (Wildman–Crippen MR) is 194 cm³/mol. The van der Waals surface area contributed by atoms with E-state index >= 15 is 0 Å². The number of hydrogen-bond acceptors (Lipinski definition) is 6. The number of carbonyl (C=O) groups is 2. The Morgan fingerprint density at radius 3 is 2.13 bits per heavy atom. The molecule has 2 aliphatic carbocycles. The molecule has 1 heterocycles. The second-order valence-corrected chi connectivity index (χ2v) is 20.2. The van der Waals surface area contributed by atoms with Crippen molar-refractivity contribution in [3.63, 3.8) is 0 Å². The summed E-state index contributed by atoms with van der Waals surface area (Å²) in [4.78, 5) is 27.8. The first-order valence-corrected chi connectivity index (χ1v) is 21.8. The van der Waals surface area contributed by atoms with Crippen LogP contribution in [0.5, 0.6) is 0 Å². The van der Waals surface area contributed by atoms with Gasteiger partial charge in [-0.2, -0.15) is 0 Å². The molecule has 1 aliphatic heterocycles. The molecule has 0 aromatic carbocycles. The van der Waals surface area contributed by atoms with E-state index in [1.807, 2.05) is 6.92 Å². The number of cyclic esters (lactones) is 1. The minimum atomic E-state index is -1.57. The van der Waals surface area contributed by atoms with E-state index in [1.165, 1.54) is 5.57 Å². The number of carbonyl (C=O) groups excluding carboxylic acids is 2. The predicted octanol–water partition coefficient (Wildman–Crippen LogP) is 7.87. The van der Waals surface area contributed by atoms with E-state index in [2.05, 4.69) is 107 Å². The van der Waals surface area contributed by atoms with E-state index in [0.717, 1.165) is 38.5 Å². The van der Waals surface area contributed by atoms with Crippen molar-refractivity contribution >= 4 is 31.5 Å². The Morgan fingerprint density at radius 1 is 1.07 bits per heavy atom. The number of allylic oxidation sites excluding steroid dienone is 2. The maximum atomic E-state index is 14.1. The van der Waals surface area contributed by atoms with Gasteiger partial charge in [-0.3, -0.25) is 4.79 Å². The fourth-order valence-electron chi connectivity index (χ4n) is 8.75. The Labute approximate surface area is 286 Å². The van der Waals surface area contributed by atoms with Crippen LogP contribution in [-0.2, 0) is 27.9 Å². The standard InChI is InChI=1S/C38H68O6Si2/c1-15-37(16-2,17-3)32(40)42-29-23-27(33(5,6)7)22-26-19-18-25(4)38(30(26)29,44-46(13)14)21-20-28-24-35(11,34(8,9)10)36(12,43-45)31(39)41-28/h18-19,22,25,27-30,46H,15-17,20-21,23-24H2,1-14,45H3/t25-,27+,28+,29-,30+,35+,36?,38-/m0/s1. The molecule has 1 saturated heterocycles. The molecular formula is C38H68O6Si2. The second kappa shape index (κ2) is 13.9. The van der Waals surface area contributed by atoms with Crippen LogP contribution in [-0.4, -0.2) is 54.9 Å². The summed E-state index contributed by atoms with van der Waals surface area (Å²) in [5.41, 5.74) is -1.34. The lowest BCUT2D eigenvalue weighted by Crippen LogP contribution is -2.64. The lowest BCUT2D eigenvalue weighted by molar-refractivity contribution is -0.216. The molecule has 3 rings (SSSR count). The topological polar surface area (TPSA) is 71.1 Å². The molecule has 1 fully saturated rings. The summed E-state index contributed by atoms with van der Waals surface area (Å²) in [5.74, 6) is -0.0362. The summed E-state index contributed by atoms with van der Waals surface area (Å²) in [6.45, 7) is 30.6. The van der Waals surface area contributed by atoms with Crippen LogP contribution in [0.1, 0.15) is 128 Å². The highest BCUT2D eigenvalue weighted by Crippen LogP contribution is 2.57. The van der Waals surface area contributed by atoms with Crippen molar-refractivity contribution in [2.24, 2.45) is 39.4 Å². The van der Waals surface area contributed by atoms with Crippen LogP contribution in [0.15, 0.2) is 23.8 Å². The molecule has 6 nitrogen and oxygen atoms in total. The lowest BCUT2D eigenvalue weighted by Gasteiger charge is -2.57. The van der Waals surface area contributed by atoms with Crippen LogP contribution >= 0.6 is 0 Å². The molecule has 0 amide bonds. The third-order valence-corrected chi connectivity index (χ3v) is 14.8. The molecule has 264 valence electrons. The molecule has 3 aliphatic rings. The molecule has 0 aromatic heterocycles. The maximum Gasteiger partial charge on any atom is 0.337 e. The summed E-state index contributed by atoms with van der Waals surface area (Å²) in [6, 6.07) is 0. The molecule has 0 N–H and O–H groups in total. The van der Waals surface area contributed by atoms with Crippen molar-refractivity contribution in [2.45, 2.75) is 165 Å². The molecule has 0 aromatic rings. The van der Waals surface area contributed by atoms with Crippen LogP contribution in [0.3, 0.4) is 0 Å². The van der Waals surface area contributed by atoms with Crippen molar-refractivity contribution in [1.82, 2.24) is 0 Å². The van der Waals surface area contributed by atoms with Gasteiger partial charge in [0.25, 0.3) is 0 Å². The highest BCUT2D eigenvalue weighted by Gasteiger charge is 2.62. The van der Waals surface area contributed by atoms with Crippen LogP contribution in [0.4, 0.5) is 0 Å². The van der Waals surface area contributed by atoms with E-state index in [9.17, 15) is 9.59 Å². The summed E-state index contributed by atoms with van der Waals surface area (Å²) in [5, 5.41) is 0. The SMILES string of the molecule is CCC(CC)(CC)C(=O)O[C@H]1C[C@H](C(C)(C)C)C=C2C=C[C@H](C)[C@](CC[C@@H]3C[C@](C)(C(C)(C)C)C(C)(O[SiH3])C(=O)O3)(O[SiH](C)C)[C@H]21. The third kappa shape index (κ3) is 6.93. The van der Waals surface area contributed by atoms with Crippen molar-refractivity contribution in [1.29, 1.82) is 0 Å². The Balaban J connectivity index is 2.11. The first kappa shape index (κ1) is 39.2. The van der Waals surface area contributed by atoms with E-state index in [-0.39, 0.29) is 52.7 Å². The third-order valence-electron chi connectivity index (χ3n) is 13.0. The number of ether oxygens (including phenoxy) is 2. The number of fused-ring (bicyclic) bond motifs is 1. The molecule has 0 radical (unpaired) electrons. The quantitative estimate of drug-likeness (QED) is 0.164. The van der Waals surface area contributed by atoms with Crippen LogP contribution < -0.4 is 0 Å². The Kier molecular flexibility index (Phi) is 11.9. The lowest BCUT2D eigenvalue weighted by atomic mass is 9.55. The maximum absolute atomic E-state index is 14.1. The first-order chi connectivity index (χ1) is 21.1. The monoisotopic (exact) mass is 676 g/mol. The van der Waals surface area contributed by atoms with Gasteiger partial charge < -0.3 is 18.3 Å². The molecule has 0 saturated carbocycles. The van der Waals surface area contributed by atoms with Crippen molar-refractivity contribution in [3.8, 4) is 0 Å². The van der Waals surface area contributed by atoms with Gasteiger partial charge >= 0.3 is 11.9 Å². The van der Waals surface area contributed by atoms with E-state index in [4.69, 9.17) is 18.3 Å². The van der Waals surface area contributed by atoms with E-state index in [0.29, 0.717) is 16.9 Å². The van der Waals surface area contributed by atoms with Crippen LogP contribution in [0.2, 0.25) is 13.1 Å².